The topological polar surface area (TPSA) is 50.8 Å². The van der Waals surface area contributed by atoms with Crippen molar-refractivity contribution >= 4 is 6.09 Å². The van der Waals surface area contributed by atoms with Crippen LogP contribution in [0.2, 0.25) is 0 Å². The number of hydrogen-bond acceptors (Lipinski definition) is 4. The van der Waals surface area contributed by atoms with Crippen LogP contribution in [-0.2, 0) is 9.47 Å². The van der Waals surface area contributed by atoms with Gasteiger partial charge in [-0.2, -0.15) is 0 Å². The number of carbonyl (C=O) groups excluding carboxylic acids is 1. The molecule has 0 aromatic carbocycles. The molecule has 1 heterocycles. The van der Waals surface area contributed by atoms with Gasteiger partial charge in [0.15, 0.2) is 0 Å². The molecule has 1 N–H and O–H groups in total. The molecule has 5 nitrogen and oxygen atoms in total. The molecule has 106 valence electrons. The summed E-state index contributed by atoms with van der Waals surface area (Å²) in [4.78, 5) is 13.3. The molecule has 0 aromatic rings. The number of piperidine rings is 1. The zero-order valence-electron chi connectivity index (χ0n) is 11.8. The molecule has 0 bridgehead atoms. The monoisotopic (exact) mass is 258 g/mol. The van der Waals surface area contributed by atoms with Gasteiger partial charge < -0.3 is 19.7 Å². The first-order valence-corrected chi connectivity index (χ1v) is 6.92. The summed E-state index contributed by atoms with van der Waals surface area (Å²) in [6.45, 7) is 9.47. The number of hydrogen-bond donors (Lipinski definition) is 1. The Labute approximate surface area is 110 Å². The smallest absolute Gasteiger partial charge is 0.409 e. The van der Waals surface area contributed by atoms with E-state index < -0.39 is 0 Å². The van der Waals surface area contributed by atoms with Crippen LogP contribution in [0.5, 0.6) is 0 Å². The lowest BCUT2D eigenvalue weighted by molar-refractivity contribution is 0.0891. The van der Waals surface area contributed by atoms with E-state index in [1.54, 1.807) is 4.90 Å². The van der Waals surface area contributed by atoms with Crippen molar-refractivity contribution in [1.29, 1.82) is 0 Å². The Morgan fingerprint density at radius 2 is 2.00 bits per heavy atom. The molecule has 1 rings (SSSR count). The van der Waals surface area contributed by atoms with Gasteiger partial charge in [0, 0.05) is 31.8 Å². The highest BCUT2D eigenvalue weighted by molar-refractivity contribution is 5.67. The van der Waals surface area contributed by atoms with Crippen molar-refractivity contribution in [3.8, 4) is 0 Å². The fraction of sp³-hybridized carbons (Fsp3) is 0.923. The number of likely N-dealkylation sites (tertiary alicyclic amines) is 1. The number of carbonyl (C=O) groups is 1. The highest BCUT2D eigenvalue weighted by Gasteiger charge is 2.24. The molecule has 18 heavy (non-hydrogen) atoms. The summed E-state index contributed by atoms with van der Waals surface area (Å²) in [5, 5.41) is 3.54. The van der Waals surface area contributed by atoms with Crippen LogP contribution in [0.1, 0.15) is 33.6 Å². The van der Waals surface area contributed by atoms with Gasteiger partial charge in [-0.1, -0.05) is 0 Å². The fourth-order valence-corrected chi connectivity index (χ4v) is 2.19. The van der Waals surface area contributed by atoms with Crippen molar-refractivity contribution < 1.29 is 14.3 Å². The summed E-state index contributed by atoms with van der Waals surface area (Å²) < 4.78 is 10.4. The molecule has 5 heteroatoms. The standard InChI is InChI=1S/C13H26N2O3/c1-4-17-10-11(3)14-12-6-8-15(9-7-12)13(16)18-5-2/h11-12,14H,4-10H2,1-3H3. The van der Waals surface area contributed by atoms with Gasteiger partial charge in [-0.05, 0) is 33.6 Å². The second kappa shape index (κ2) is 8.32. The summed E-state index contributed by atoms with van der Waals surface area (Å²) in [6.07, 6.45) is 1.78. The number of nitrogens with zero attached hydrogens (tertiary/aromatic N) is 1. The zero-order valence-corrected chi connectivity index (χ0v) is 11.8. The third kappa shape index (κ3) is 5.23. The molecule has 0 aromatic heterocycles. The van der Waals surface area contributed by atoms with Gasteiger partial charge in [-0.25, -0.2) is 4.79 Å². The first-order chi connectivity index (χ1) is 8.67. The second-order valence-electron chi connectivity index (χ2n) is 4.69. The molecule has 0 saturated carbocycles. The summed E-state index contributed by atoms with van der Waals surface area (Å²) in [7, 11) is 0. The first-order valence-electron chi connectivity index (χ1n) is 6.92. The Balaban J connectivity index is 2.20. The van der Waals surface area contributed by atoms with Crippen molar-refractivity contribution in [2.75, 3.05) is 32.9 Å². The van der Waals surface area contributed by atoms with Crippen molar-refractivity contribution in [3.05, 3.63) is 0 Å². The van der Waals surface area contributed by atoms with Crippen molar-refractivity contribution in [3.63, 3.8) is 0 Å². The van der Waals surface area contributed by atoms with E-state index in [1.807, 2.05) is 13.8 Å². The zero-order chi connectivity index (χ0) is 13.4. The predicted molar refractivity (Wildman–Crippen MR) is 70.7 cm³/mol. The molecular formula is C13H26N2O3. The average Bonchev–Trinajstić information content (AvgIpc) is 2.37. The van der Waals surface area contributed by atoms with E-state index in [4.69, 9.17) is 9.47 Å². The average molecular weight is 258 g/mol. The van der Waals surface area contributed by atoms with E-state index in [0.717, 1.165) is 39.1 Å². The van der Waals surface area contributed by atoms with Crippen molar-refractivity contribution in [2.24, 2.45) is 0 Å². The second-order valence-corrected chi connectivity index (χ2v) is 4.69. The predicted octanol–water partition coefficient (Wildman–Crippen LogP) is 1.62. The van der Waals surface area contributed by atoms with Gasteiger partial charge in [0.05, 0.1) is 13.2 Å². The van der Waals surface area contributed by atoms with Crippen LogP contribution >= 0.6 is 0 Å². The fourth-order valence-electron chi connectivity index (χ4n) is 2.19. The van der Waals surface area contributed by atoms with Crippen molar-refractivity contribution in [1.82, 2.24) is 10.2 Å². The minimum absolute atomic E-state index is 0.182. The SMILES string of the molecule is CCOCC(C)NC1CCN(C(=O)OCC)CC1. The molecule has 0 radical (unpaired) electrons. The minimum atomic E-state index is -0.182. The van der Waals surface area contributed by atoms with E-state index in [9.17, 15) is 4.79 Å². The van der Waals surface area contributed by atoms with Gasteiger partial charge in [-0.15, -0.1) is 0 Å². The number of rotatable bonds is 6. The lowest BCUT2D eigenvalue weighted by atomic mass is 10.0. The third-order valence-electron chi connectivity index (χ3n) is 3.11. The van der Waals surface area contributed by atoms with Crippen LogP contribution in [0.15, 0.2) is 0 Å². The Kier molecular flexibility index (Phi) is 7.05. The maximum absolute atomic E-state index is 11.5. The van der Waals surface area contributed by atoms with E-state index in [2.05, 4.69) is 12.2 Å². The largest absolute Gasteiger partial charge is 0.450 e. The lowest BCUT2D eigenvalue weighted by Crippen LogP contribution is -2.48. The first kappa shape index (κ1) is 15.2. The highest BCUT2D eigenvalue weighted by atomic mass is 16.6. The van der Waals surface area contributed by atoms with Crippen molar-refractivity contribution in [2.45, 2.75) is 45.7 Å². The molecule has 1 atom stereocenters. The van der Waals surface area contributed by atoms with Crippen LogP contribution in [0.3, 0.4) is 0 Å². The van der Waals surface area contributed by atoms with E-state index in [-0.39, 0.29) is 6.09 Å². The van der Waals surface area contributed by atoms with Crippen LogP contribution in [0.4, 0.5) is 4.79 Å². The quantitative estimate of drug-likeness (QED) is 0.786. The summed E-state index contributed by atoms with van der Waals surface area (Å²) in [5.41, 5.74) is 0. The molecule has 1 saturated heterocycles. The molecule has 1 unspecified atom stereocenters. The number of amides is 1. The molecule has 1 aliphatic heterocycles. The molecule has 1 aliphatic rings. The van der Waals surface area contributed by atoms with Crippen LogP contribution in [-0.4, -0.2) is 56.0 Å². The van der Waals surface area contributed by atoms with Crippen LogP contribution < -0.4 is 5.32 Å². The Hall–Kier alpha value is -0.810. The third-order valence-corrected chi connectivity index (χ3v) is 3.11. The van der Waals surface area contributed by atoms with Crippen LogP contribution in [0.25, 0.3) is 0 Å². The van der Waals surface area contributed by atoms with E-state index >= 15 is 0 Å². The highest BCUT2D eigenvalue weighted by Crippen LogP contribution is 2.12. The van der Waals surface area contributed by atoms with E-state index in [1.165, 1.54) is 0 Å². The Bertz CT molecular complexity index is 240. The van der Waals surface area contributed by atoms with Crippen LogP contribution in [0, 0.1) is 0 Å². The Morgan fingerprint density at radius 3 is 2.56 bits per heavy atom. The molecule has 1 fully saturated rings. The summed E-state index contributed by atoms with van der Waals surface area (Å²) in [5.74, 6) is 0. The van der Waals surface area contributed by atoms with Gasteiger partial charge in [-0.3, -0.25) is 0 Å². The normalized spacial score (nSPS) is 18.7. The maximum Gasteiger partial charge on any atom is 0.409 e. The number of ether oxygens (including phenoxy) is 2. The summed E-state index contributed by atoms with van der Waals surface area (Å²) in [6, 6.07) is 0.843. The molecular weight excluding hydrogens is 232 g/mol. The molecule has 0 spiro atoms. The van der Waals surface area contributed by atoms with Gasteiger partial charge in [0.1, 0.15) is 0 Å². The lowest BCUT2D eigenvalue weighted by Gasteiger charge is -2.33. The summed E-state index contributed by atoms with van der Waals surface area (Å²) >= 11 is 0. The minimum Gasteiger partial charge on any atom is -0.450 e. The van der Waals surface area contributed by atoms with Gasteiger partial charge in [0.2, 0.25) is 0 Å². The van der Waals surface area contributed by atoms with E-state index in [0.29, 0.717) is 18.7 Å². The van der Waals surface area contributed by atoms with Gasteiger partial charge >= 0.3 is 6.09 Å². The number of nitrogens with one attached hydrogen (secondary N) is 1. The maximum atomic E-state index is 11.5. The molecule has 1 amide bonds. The molecule has 0 aliphatic carbocycles. The van der Waals surface area contributed by atoms with Gasteiger partial charge in [0.25, 0.3) is 0 Å². The Morgan fingerprint density at radius 1 is 1.33 bits per heavy atom.